The number of phenols is 1. The fourth-order valence-electron chi connectivity index (χ4n) is 2.39. The Morgan fingerprint density at radius 3 is 2.67 bits per heavy atom. The maximum atomic E-state index is 12.7. The molecule has 5 heteroatoms. The fourth-order valence-corrected chi connectivity index (χ4v) is 3.42. The van der Waals surface area contributed by atoms with Crippen molar-refractivity contribution in [1.82, 2.24) is 4.90 Å². The second-order valence-electron chi connectivity index (χ2n) is 5.39. The molecule has 1 N–H and O–H groups in total. The molecule has 1 amide bonds. The van der Waals surface area contributed by atoms with Gasteiger partial charge < -0.3 is 5.11 Å². The van der Waals surface area contributed by atoms with Gasteiger partial charge in [-0.25, -0.2) is 4.99 Å². The SMILES string of the molecule is CCCN1C(=O)/C(=C/c2cccc(O)c2)SC1=Nc1ccccc1. The molecule has 0 atom stereocenters. The van der Waals surface area contributed by atoms with Crippen molar-refractivity contribution in [1.29, 1.82) is 0 Å². The molecule has 122 valence electrons. The van der Waals surface area contributed by atoms with Gasteiger partial charge in [0.05, 0.1) is 10.6 Å². The number of rotatable bonds is 4. The van der Waals surface area contributed by atoms with Crippen LogP contribution in [0, 0.1) is 0 Å². The predicted octanol–water partition coefficient (Wildman–Crippen LogP) is 4.41. The van der Waals surface area contributed by atoms with Crippen LogP contribution in [0.1, 0.15) is 18.9 Å². The summed E-state index contributed by atoms with van der Waals surface area (Å²) in [5.41, 5.74) is 1.62. The van der Waals surface area contributed by atoms with Crippen molar-refractivity contribution in [3.63, 3.8) is 0 Å². The van der Waals surface area contributed by atoms with E-state index in [-0.39, 0.29) is 11.7 Å². The van der Waals surface area contributed by atoms with Crippen molar-refractivity contribution in [2.24, 2.45) is 4.99 Å². The molecule has 4 nitrogen and oxygen atoms in total. The summed E-state index contributed by atoms with van der Waals surface area (Å²) in [6.45, 7) is 2.67. The summed E-state index contributed by atoms with van der Waals surface area (Å²) in [6, 6.07) is 16.5. The second-order valence-corrected chi connectivity index (χ2v) is 6.40. The van der Waals surface area contributed by atoms with Crippen molar-refractivity contribution >= 4 is 34.6 Å². The first-order chi connectivity index (χ1) is 11.7. The largest absolute Gasteiger partial charge is 0.508 e. The van der Waals surface area contributed by atoms with Gasteiger partial charge in [-0.2, -0.15) is 0 Å². The van der Waals surface area contributed by atoms with E-state index in [0.29, 0.717) is 16.6 Å². The Morgan fingerprint density at radius 1 is 1.17 bits per heavy atom. The number of carbonyl (C=O) groups is 1. The van der Waals surface area contributed by atoms with E-state index in [2.05, 4.69) is 4.99 Å². The van der Waals surface area contributed by atoms with Crippen LogP contribution >= 0.6 is 11.8 Å². The molecule has 2 aromatic carbocycles. The molecule has 24 heavy (non-hydrogen) atoms. The number of amidine groups is 1. The second kappa shape index (κ2) is 7.36. The Morgan fingerprint density at radius 2 is 1.96 bits per heavy atom. The lowest BCUT2D eigenvalue weighted by Gasteiger charge is -2.13. The molecule has 0 unspecified atom stereocenters. The molecule has 0 radical (unpaired) electrons. The van der Waals surface area contributed by atoms with E-state index < -0.39 is 0 Å². The number of carbonyl (C=O) groups excluding carboxylic acids is 1. The number of aliphatic imine (C=N–C) groups is 1. The van der Waals surface area contributed by atoms with Crippen molar-refractivity contribution in [2.75, 3.05) is 6.54 Å². The lowest BCUT2D eigenvalue weighted by Crippen LogP contribution is -2.29. The minimum atomic E-state index is -0.0418. The Balaban J connectivity index is 1.94. The molecule has 1 saturated heterocycles. The Labute approximate surface area is 145 Å². The highest BCUT2D eigenvalue weighted by Crippen LogP contribution is 2.34. The van der Waals surface area contributed by atoms with Crippen molar-refractivity contribution in [3.05, 3.63) is 65.1 Å². The van der Waals surface area contributed by atoms with Gasteiger partial charge in [-0.05, 0) is 54.1 Å². The minimum Gasteiger partial charge on any atom is -0.508 e. The maximum Gasteiger partial charge on any atom is 0.266 e. The number of aromatic hydroxyl groups is 1. The third kappa shape index (κ3) is 3.68. The molecule has 2 aromatic rings. The standard InChI is InChI=1S/C19H18N2O2S/c1-2-11-21-18(23)17(13-14-7-6-10-16(22)12-14)24-19(21)20-15-8-4-3-5-9-15/h3-10,12-13,22H,2,11H2,1H3/b17-13-,20-19?. The van der Waals surface area contributed by atoms with E-state index in [1.807, 2.05) is 43.3 Å². The molecular weight excluding hydrogens is 320 g/mol. The molecule has 1 heterocycles. The van der Waals surface area contributed by atoms with E-state index in [9.17, 15) is 9.90 Å². The molecule has 3 rings (SSSR count). The van der Waals surface area contributed by atoms with Gasteiger partial charge in [-0.15, -0.1) is 0 Å². The van der Waals surface area contributed by atoms with Gasteiger partial charge in [0.15, 0.2) is 5.17 Å². The number of hydrogen-bond acceptors (Lipinski definition) is 4. The average molecular weight is 338 g/mol. The summed E-state index contributed by atoms with van der Waals surface area (Å²) in [5.74, 6) is 0.142. The van der Waals surface area contributed by atoms with Crippen LogP contribution in [-0.4, -0.2) is 27.6 Å². The van der Waals surface area contributed by atoms with Crippen molar-refractivity contribution in [3.8, 4) is 5.75 Å². The quantitative estimate of drug-likeness (QED) is 0.840. The summed E-state index contributed by atoms with van der Waals surface area (Å²) in [5, 5.41) is 10.3. The van der Waals surface area contributed by atoms with E-state index in [1.165, 1.54) is 11.8 Å². The van der Waals surface area contributed by atoms with Gasteiger partial charge in [0.2, 0.25) is 0 Å². The van der Waals surface area contributed by atoms with E-state index in [0.717, 1.165) is 17.7 Å². The normalized spacial score (nSPS) is 17.9. The lowest BCUT2D eigenvalue weighted by atomic mass is 10.2. The van der Waals surface area contributed by atoms with Crippen LogP contribution in [-0.2, 0) is 4.79 Å². The molecule has 0 spiro atoms. The summed E-state index contributed by atoms with van der Waals surface area (Å²) in [4.78, 5) is 19.6. The van der Waals surface area contributed by atoms with E-state index in [4.69, 9.17) is 0 Å². The van der Waals surface area contributed by atoms with Crippen molar-refractivity contribution in [2.45, 2.75) is 13.3 Å². The van der Waals surface area contributed by atoms with Crippen LogP contribution in [0.25, 0.3) is 6.08 Å². The minimum absolute atomic E-state index is 0.0418. The predicted molar refractivity (Wildman–Crippen MR) is 99.2 cm³/mol. The van der Waals surface area contributed by atoms with Crippen LogP contribution in [0.4, 0.5) is 5.69 Å². The molecule has 1 aliphatic rings. The molecule has 1 fully saturated rings. The zero-order chi connectivity index (χ0) is 16.9. The zero-order valence-electron chi connectivity index (χ0n) is 13.3. The van der Waals surface area contributed by atoms with Gasteiger partial charge in [-0.1, -0.05) is 37.3 Å². The lowest BCUT2D eigenvalue weighted by molar-refractivity contribution is -0.122. The number of phenolic OH excluding ortho intramolecular Hbond substituents is 1. The Bertz CT molecular complexity index is 800. The molecule has 0 bridgehead atoms. The molecule has 0 aromatic heterocycles. The Kier molecular flexibility index (Phi) is 5.01. The molecular formula is C19H18N2O2S. The van der Waals surface area contributed by atoms with Crippen LogP contribution in [0.5, 0.6) is 5.75 Å². The number of hydrogen-bond donors (Lipinski definition) is 1. The highest BCUT2D eigenvalue weighted by molar-refractivity contribution is 8.18. The summed E-state index contributed by atoms with van der Waals surface area (Å²) >= 11 is 1.37. The zero-order valence-corrected chi connectivity index (χ0v) is 14.2. The van der Waals surface area contributed by atoms with Gasteiger partial charge in [0, 0.05) is 6.54 Å². The van der Waals surface area contributed by atoms with Gasteiger partial charge in [0.25, 0.3) is 5.91 Å². The highest BCUT2D eigenvalue weighted by Gasteiger charge is 2.32. The number of benzene rings is 2. The molecule has 0 aliphatic carbocycles. The van der Waals surface area contributed by atoms with Gasteiger partial charge in [-0.3, -0.25) is 9.69 Å². The van der Waals surface area contributed by atoms with Crippen LogP contribution in [0.15, 0.2) is 64.5 Å². The first-order valence-electron chi connectivity index (χ1n) is 7.81. The number of amides is 1. The third-order valence-electron chi connectivity index (χ3n) is 3.48. The smallest absolute Gasteiger partial charge is 0.266 e. The van der Waals surface area contributed by atoms with Crippen LogP contribution in [0.2, 0.25) is 0 Å². The maximum absolute atomic E-state index is 12.7. The first-order valence-corrected chi connectivity index (χ1v) is 8.63. The molecule has 0 saturated carbocycles. The van der Waals surface area contributed by atoms with E-state index >= 15 is 0 Å². The van der Waals surface area contributed by atoms with Gasteiger partial charge >= 0.3 is 0 Å². The van der Waals surface area contributed by atoms with Crippen LogP contribution < -0.4 is 0 Å². The molecule has 1 aliphatic heterocycles. The topological polar surface area (TPSA) is 52.9 Å². The fraction of sp³-hybridized carbons (Fsp3) is 0.158. The number of nitrogens with zero attached hydrogens (tertiary/aromatic N) is 2. The first kappa shape index (κ1) is 16.3. The van der Waals surface area contributed by atoms with E-state index in [1.54, 1.807) is 29.2 Å². The number of para-hydroxylation sites is 1. The number of thioether (sulfide) groups is 1. The summed E-state index contributed by atoms with van der Waals surface area (Å²) < 4.78 is 0. The Hall–Kier alpha value is -2.53. The van der Waals surface area contributed by atoms with Gasteiger partial charge in [0.1, 0.15) is 5.75 Å². The van der Waals surface area contributed by atoms with Crippen LogP contribution in [0.3, 0.4) is 0 Å². The summed E-state index contributed by atoms with van der Waals surface area (Å²) in [7, 11) is 0. The average Bonchev–Trinajstić information content (AvgIpc) is 2.85. The third-order valence-corrected chi connectivity index (χ3v) is 4.49. The van der Waals surface area contributed by atoms with Crippen molar-refractivity contribution < 1.29 is 9.90 Å². The highest BCUT2D eigenvalue weighted by atomic mass is 32.2. The monoisotopic (exact) mass is 338 g/mol. The summed E-state index contributed by atoms with van der Waals surface area (Å²) in [6.07, 6.45) is 2.66.